The third kappa shape index (κ3) is 3.53. The second kappa shape index (κ2) is 7.95. The van der Waals surface area contributed by atoms with E-state index in [4.69, 9.17) is 4.74 Å². The molecule has 0 radical (unpaired) electrons. The molecule has 0 bridgehead atoms. The molecule has 2 unspecified atom stereocenters. The fourth-order valence-electron chi connectivity index (χ4n) is 3.78. The zero-order valence-corrected chi connectivity index (χ0v) is 17.4. The van der Waals surface area contributed by atoms with Crippen LogP contribution in [0, 0.1) is 0 Å². The molecule has 2 aromatic carbocycles. The monoisotopic (exact) mass is 442 g/mol. The summed E-state index contributed by atoms with van der Waals surface area (Å²) in [5.74, 6) is 0.780. The van der Waals surface area contributed by atoms with Gasteiger partial charge < -0.3 is 14.6 Å². The van der Waals surface area contributed by atoms with Crippen LogP contribution in [0.2, 0.25) is 0 Å². The minimum absolute atomic E-state index is 0.0901. The molecular weight excluding hydrogens is 420 g/mol. The Labute approximate surface area is 172 Å². The van der Waals surface area contributed by atoms with Gasteiger partial charge in [-0.1, -0.05) is 22.0 Å². The molecule has 4 rings (SSSR count). The normalized spacial score (nSPS) is 19.1. The molecule has 146 valence electrons. The van der Waals surface area contributed by atoms with Crippen molar-refractivity contribution in [2.75, 3.05) is 7.11 Å². The van der Waals surface area contributed by atoms with Gasteiger partial charge in [-0.25, -0.2) is 10.9 Å². The molecule has 1 aliphatic rings. The highest BCUT2D eigenvalue weighted by atomic mass is 79.9. The number of halogens is 1. The second-order valence-corrected chi connectivity index (χ2v) is 7.73. The predicted octanol–water partition coefficient (Wildman–Crippen LogP) is 3.73. The molecule has 1 aliphatic heterocycles. The van der Waals surface area contributed by atoms with Crippen molar-refractivity contribution in [3.8, 4) is 5.75 Å². The highest BCUT2D eigenvalue weighted by Crippen LogP contribution is 2.33. The Hall–Kier alpha value is -2.35. The molecule has 1 saturated heterocycles. The SMILES string of the molecule is CCn1c(C2CC(NC(=O)c3ccc(Br)cc3)NN2)cc2c(OC)cccc21. The minimum Gasteiger partial charge on any atom is -0.496 e. The Kier molecular flexibility index (Phi) is 5.39. The number of benzene rings is 2. The Bertz CT molecular complexity index is 1000. The number of hydrogen-bond acceptors (Lipinski definition) is 4. The largest absolute Gasteiger partial charge is 0.496 e. The van der Waals surface area contributed by atoms with E-state index in [-0.39, 0.29) is 18.1 Å². The molecule has 2 heterocycles. The van der Waals surface area contributed by atoms with Crippen LogP contribution in [0.3, 0.4) is 0 Å². The molecule has 1 aromatic heterocycles. The lowest BCUT2D eigenvalue weighted by Gasteiger charge is -2.14. The van der Waals surface area contributed by atoms with Crippen molar-refractivity contribution in [2.45, 2.75) is 32.1 Å². The van der Waals surface area contributed by atoms with Crippen LogP contribution in [0.25, 0.3) is 10.9 Å². The van der Waals surface area contributed by atoms with Gasteiger partial charge in [-0.3, -0.25) is 4.79 Å². The van der Waals surface area contributed by atoms with Gasteiger partial charge in [0, 0.05) is 34.1 Å². The topological polar surface area (TPSA) is 67.3 Å². The molecule has 28 heavy (non-hydrogen) atoms. The molecule has 6 nitrogen and oxygen atoms in total. The number of aromatic nitrogens is 1. The lowest BCUT2D eigenvalue weighted by atomic mass is 10.1. The van der Waals surface area contributed by atoms with E-state index in [1.165, 1.54) is 5.69 Å². The van der Waals surface area contributed by atoms with Gasteiger partial charge in [0.05, 0.1) is 24.8 Å². The van der Waals surface area contributed by atoms with Crippen LogP contribution in [0.15, 0.2) is 53.0 Å². The summed E-state index contributed by atoms with van der Waals surface area (Å²) in [6, 6.07) is 15.7. The van der Waals surface area contributed by atoms with Crippen LogP contribution in [0.5, 0.6) is 5.75 Å². The number of carbonyl (C=O) groups is 1. The van der Waals surface area contributed by atoms with E-state index in [1.807, 2.05) is 24.3 Å². The third-order valence-electron chi connectivity index (χ3n) is 5.15. The first-order chi connectivity index (χ1) is 13.6. The Morgan fingerprint density at radius 1 is 1.25 bits per heavy atom. The van der Waals surface area contributed by atoms with E-state index in [1.54, 1.807) is 19.2 Å². The molecule has 7 heteroatoms. The summed E-state index contributed by atoms with van der Waals surface area (Å²) in [5.41, 5.74) is 9.50. The first-order valence-electron chi connectivity index (χ1n) is 9.34. The van der Waals surface area contributed by atoms with Gasteiger partial charge in [0.15, 0.2) is 0 Å². The van der Waals surface area contributed by atoms with E-state index >= 15 is 0 Å². The van der Waals surface area contributed by atoms with Crippen LogP contribution in [0.1, 0.15) is 35.4 Å². The van der Waals surface area contributed by atoms with E-state index in [0.717, 1.165) is 34.1 Å². The maximum atomic E-state index is 12.5. The fourth-order valence-corrected chi connectivity index (χ4v) is 4.05. The molecule has 0 spiro atoms. The summed E-state index contributed by atoms with van der Waals surface area (Å²) < 4.78 is 8.76. The van der Waals surface area contributed by atoms with Crippen LogP contribution in [-0.2, 0) is 6.54 Å². The number of methoxy groups -OCH3 is 1. The van der Waals surface area contributed by atoms with E-state index in [2.05, 4.69) is 55.7 Å². The van der Waals surface area contributed by atoms with Gasteiger partial charge in [0.2, 0.25) is 0 Å². The van der Waals surface area contributed by atoms with Crippen molar-refractivity contribution in [3.63, 3.8) is 0 Å². The van der Waals surface area contributed by atoms with Crippen molar-refractivity contribution in [3.05, 3.63) is 64.3 Å². The van der Waals surface area contributed by atoms with Crippen molar-refractivity contribution in [1.82, 2.24) is 20.7 Å². The van der Waals surface area contributed by atoms with E-state index in [9.17, 15) is 4.79 Å². The van der Waals surface area contributed by atoms with Gasteiger partial charge in [-0.2, -0.15) is 0 Å². The van der Waals surface area contributed by atoms with Crippen molar-refractivity contribution >= 4 is 32.7 Å². The summed E-state index contributed by atoms with van der Waals surface area (Å²) in [6.45, 7) is 3.00. The van der Waals surface area contributed by atoms with E-state index in [0.29, 0.717) is 5.56 Å². The smallest absolute Gasteiger partial charge is 0.252 e. The number of carbonyl (C=O) groups excluding carboxylic acids is 1. The molecule has 0 aliphatic carbocycles. The number of amides is 1. The van der Waals surface area contributed by atoms with Crippen LogP contribution < -0.4 is 20.9 Å². The number of ether oxygens (including phenoxy) is 1. The molecule has 0 saturated carbocycles. The second-order valence-electron chi connectivity index (χ2n) is 6.82. The van der Waals surface area contributed by atoms with Gasteiger partial charge >= 0.3 is 0 Å². The molecular formula is C21H23BrN4O2. The molecule has 1 amide bonds. The molecule has 1 fully saturated rings. The van der Waals surface area contributed by atoms with Gasteiger partial charge in [-0.15, -0.1) is 0 Å². The van der Waals surface area contributed by atoms with Crippen LogP contribution in [0.4, 0.5) is 0 Å². The van der Waals surface area contributed by atoms with Crippen molar-refractivity contribution in [1.29, 1.82) is 0 Å². The average Bonchev–Trinajstić information content (AvgIpc) is 3.32. The third-order valence-corrected chi connectivity index (χ3v) is 5.67. The number of hydrazine groups is 1. The zero-order valence-electron chi connectivity index (χ0n) is 15.8. The summed E-state index contributed by atoms with van der Waals surface area (Å²) in [7, 11) is 1.70. The van der Waals surface area contributed by atoms with Crippen molar-refractivity contribution < 1.29 is 9.53 Å². The van der Waals surface area contributed by atoms with Crippen molar-refractivity contribution in [2.24, 2.45) is 0 Å². The number of aryl methyl sites for hydroxylation is 1. The predicted molar refractivity (Wildman–Crippen MR) is 113 cm³/mol. The minimum atomic E-state index is -0.147. The summed E-state index contributed by atoms with van der Waals surface area (Å²) in [6.07, 6.45) is 0.604. The van der Waals surface area contributed by atoms with E-state index < -0.39 is 0 Å². The lowest BCUT2D eigenvalue weighted by molar-refractivity contribution is 0.0932. The standard InChI is InChI=1S/C21H23BrN4O2/c1-3-26-17-5-4-6-19(28-2)15(17)11-18(26)16-12-20(25-24-16)23-21(27)13-7-9-14(22)10-8-13/h4-11,16,20,24-25H,3,12H2,1-2H3,(H,23,27). The summed E-state index contributed by atoms with van der Waals surface area (Å²) in [4.78, 5) is 12.5. The van der Waals surface area contributed by atoms with Crippen LogP contribution in [-0.4, -0.2) is 23.7 Å². The number of nitrogens with zero attached hydrogens (tertiary/aromatic N) is 1. The highest BCUT2D eigenvalue weighted by molar-refractivity contribution is 9.10. The lowest BCUT2D eigenvalue weighted by Crippen LogP contribution is -2.44. The molecule has 3 N–H and O–H groups in total. The number of nitrogens with one attached hydrogen (secondary N) is 3. The van der Waals surface area contributed by atoms with Crippen LogP contribution >= 0.6 is 15.9 Å². The number of hydrogen-bond donors (Lipinski definition) is 3. The van der Waals surface area contributed by atoms with Gasteiger partial charge in [-0.05, 0) is 49.4 Å². The molecule has 3 aromatic rings. The maximum absolute atomic E-state index is 12.5. The molecule has 2 atom stereocenters. The first-order valence-corrected chi connectivity index (χ1v) is 10.1. The first kappa shape index (κ1) is 19.0. The zero-order chi connectivity index (χ0) is 19.7. The Morgan fingerprint density at radius 2 is 2.04 bits per heavy atom. The summed E-state index contributed by atoms with van der Waals surface area (Å²) in [5, 5.41) is 4.15. The summed E-state index contributed by atoms with van der Waals surface area (Å²) >= 11 is 3.39. The fraction of sp³-hybridized carbons (Fsp3) is 0.286. The Morgan fingerprint density at radius 3 is 2.75 bits per heavy atom. The number of rotatable bonds is 5. The highest BCUT2D eigenvalue weighted by Gasteiger charge is 2.29. The average molecular weight is 443 g/mol. The number of fused-ring (bicyclic) bond motifs is 1. The quantitative estimate of drug-likeness (QED) is 0.563. The maximum Gasteiger partial charge on any atom is 0.252 e. The Balaban J connectivity index is 1.52. The van der Waals surface area contributed by atoms with Gasteiger partial charge in [0.25, 0.3) is 5.91 Å². The van der Waals surface area contributed by atoms with Gasteiger partial charge in [0.1, 0.15) is 5.75 Å².